The molecule has 0 aromatic heterocycles. The van der Waals surface area contributed by atoms with Gasteiger partial charge in [-0.05, 0) is 54.7 Å². The highest BCUT2D eigenvalue weighted by Gasteiger charge is 2.54. The van der Waals surface area contributed by atoms with Crippen molar-refractivity contribution in [2.24, 2.45) is 23.7 Å². The number of nitrogens with one attached hydrogen (secondary N) is 1. The minimum absolute atomic E-state index is 0.519. The fourth-order valence-corrected chi connectivity index (χ4v) is 4.99. The molecule has 3 aliphatic rings. The summed E-state index contributed by atoms with van der Waals surface area (Å²) in [5.41, 5.74) is 0.154. The first-order valence-electron chi connectivity index (χ1n) is 9.60. The molecule has 1 heterocycles. The number of nitrogens with zero attached hydrogens (tertiary/aromatic N) is 1. The van der Waals surface area contributed by atoms with Crippen molar-refractivity contribution in [1.29, 1.82) is 0 Å². The number of hydrogen-bond acceptors (Lipinski definition) is 2. The zero-order valence-corrected chi connectivity index (χ0v) is 14.6. The smallest absolute Gasteiger partial charge is 0.312 e. The molecule has 1 saturated heterocycles. The summed E-state index contributed by atoms with van der Waals surface area (Å²) >= 11 is 0. The molecule has 1 aliphatic heterocycles. The highest BCUT2D eigenvalue weighted by Crippen LogP contribution is 2.51. The van der Waals surface area contributed by atoms with Gasteiger partial charge in [0.15, 0.2) is 0 Å². The van der Waals surface area contributed by atoms with Crippen LogP contribution in [0.15, 0.2) is 24.3 Å². The quantitative estimate of drug-likeness (QED) is 0.827. The minimum Gasteiger partial charge on any atom is -0.312 e. The van der Waals surface area contributed by atoms with Crippen molar-refractivity contribution in [3.05, 3.63) is 35.4 Å². The van der Waals surface area contributed by atoms with Crippen molar-refractivity contribution in [2.75, 3.05) is 26.2 Å². The third-order valence-electron chi connectivity index (χ3n) is 6.40. The second kappa shape index (κ2) is 6.92. The molecule has 0 radical (unpaired) electrons. The first-order chi connectivity index (χ1) is 12.0. The molecule has 5 heteroatoms. The Morgan fingerprint density at radius 3 is 2.48 bits per heavy atom. The fourth-order valence-electron chi connectivity index (χ4n) is 4.99. The summed E-state index contributed by atoms with van der Waals surface area (Å²) in [7, 11) is 0. The van der Waals surface area contributed by atoms with E-state index in [-0.39, 0.29) is 0 Å². The Morgan fingerprint density at radius 1 is 1.08 bits per heavy atom. The molecular weight excluding hydrogens is 325 g/mol. The molecule has 2 atom stereocenters. The largest absolute Gasteiger partial charge is 0.416 e. The molecule has 4 rings (SSSR count). The van der Waals surface area contributed by atoms with Crippen LogP contribution >= 0.6 is 0 Å². The molecule has 2 unspecified atom stereocenters. The average molecular weight is 352 g/mol. The Kier molecular flexibility index (Phi) is 4.80. The first kappa shape index (κ1) is 17.3. The van der Waals surface area contributed by atoms with Crippen LogP contribution in [0.5, 0.6) is 0 Å². The van der Waals surface area contributed by atoms with Crippen molar-refractivity contribution < 1.29 is 13.2 Å². The van der Waals surface area contributed by atoms with Crippen LogP contribution in [0.3, 0.4) is 0 Å². The third kappa shape index (κ3) is 4.03. The number of rotatable bonds is 6. The van der Waals surface area contributed by atoms with E-state index in [1.54, 1.807) is 6.07 Å². The van der Waals surface area contributed by atoms with E-state index in [4.69, 9.17) is 0 Å². The van der Waals surface area contributed by atoms with Gasteiger partial charge in [-0.2, -0.15) is 13.2 Å². The molecular formula is C20H27F3N2. The topological polar surface area (TPSA) is 15.3 Å². The standard InChI is InChI=1S/C20H27F3N2/c21-20(22,23)16-7-3-6-15(8-16)9-24-10-17-18-12-25(13-19(17)18)11-14-4-1-2-5-14/h3,6-8,14,17-19,24H,1-2,4-5,9-13H2. The molecule has 2 saturated carbocycles. The van der Waals surface area contributed by atoms with Crippen molar-refractivity contribution in [2.45, 2.75) is 38.4 Å². The Bertz CT molecular complexity index is 583. The summed E-state index contributed by atoms with van der Waals surface area (Å²) in [6, 6.07) is 5.64. The van der Waals surface area contributed by atoms with Crippen LogP contribution in [0.1, 0.15) is 36.8 Å². The summed E-state index contributed by atoms with van der Waals surface area (Å²) in [5, 5.41) is 3.37. The SMILES string of the molecule is FC(F)(F)c1cccc(CNCC2C3CN(CC4CCCC4)CC23)c1. The van der Waals surface area contributed by atoms with Crippen LogP contribution in [0, 0.1) is 23.7 Å². The molecule has 0 amide bonds. The van der Waals surface area contributed by atoms with E-state index in [9.17, 15) is 13.2 Å². The second-order valence-electron chi connectivity index (χ2n) is 8.19. The number of hydrogen-bond donors (Lipinski definition) is 1. The van der Waals surface area contributed by atoms with Gasteiger partial charge in [0.2, 0.25) is 0 Å². The molecule has 25 heavy (non-hydrogen) atoms. The highest BCUT2D eigenvalue weighted by atomic mass is 19.4. The number of piperidine rings is 1. The summed E-state index contributed by atoms with van der Waals surface area (Å²) < 4.78 is 38.2. The van der Waals surface area contributed by atoms with Crippen molar-refractivity contribution >= 4 is 0 Å². The van der Waals surface area contributed by atoms with Gasteiger partial charge in [-0.3, -0.25) is 0 Å². The van der Waals surface area contributed by atoms with Gasteiger partial charge in [0.05, 0.1) is 5.56 Å². The van der Waals surface area contributed by atoms with Crippen LogP contribution in [0.25, 0.3) is 0 Å². The Labute approximate surface area is 147 Å². The lowest BCUT2D eigenvalue weighted by Gasteiger charge is -2.23. The maximum atomic E-state index is 12.7. The molecule has 138 valence electrons. The zero-order valence-electron chi connectivity index (χ0n) is 14.6. The Hall–Kier alpha value is -1.07. The lowest BCUT2D eigenvalue weighted by molar-refractivity contribution is -0.137. The molecule has 1 aromatic carbocycles. The van der Waals surface area contributed by atoms with E-state index in [1.807, 2.05) is 0 Å². The lowest BCUT2D eigenvalue weighted by atomic mass is 10.1. The predicted molar refractivity (Wildman–Crippen MR) is 92.0 cm³/mol. The number of likely N-dealkylation sites (tertiary alicyclic amines) is 1. The summed E-state index contributed by atoms with van der Waals surface area (Å²) in [6.45, 7) is 5.21. The average Bonchev–Trinajstić information content (AvgIpc) is 2.98. The maximum absolute atomic E-state index is 12.7. The summed E-state index contributed by atoms with van der Waals surface area (Å²) in [6.07, 6.45) is 1.38. The van der Waals surface area contributed by atoms with Crippen LogP contribution in [0.2, 0.25) is 0 Å². The van der Waals surface area contributed by atoms with E-state index < -0.39 is 11.7 Å². The maximum Gasteiger partial charge on any atom is 0.416 e. The first-order valence-corrected chi connectivity index (χ1v) is 9.60. The minimum atomic E-state index is -4.26. The van der Waals surface area contributed by atoms with E-state index in [0.717, 1.165) is 36.3 Å². The van der Waals surface area contributed by atoms with E-state index in [0.29, 0.717) is 12.1 Å². The molecule has 1 N–H and O–H groups in total. The van der Waals surface area contributed by atoms with Crippen LogP contribution in [-0.2, 0) is 12.7 Å². The van der Waals surface area contributed by atoms with Gasteiger partial charge >= 0.3 is 6.18 Å². The van der Waals surface area contributed by atoms with Crippen LogP contribution in [-0.4, -0.2) is 31.1 Å². The predicted octanol–water partition coefficient (Wildman–Crippen LogP) is 4.16. The molecule has 3 fully saturated rings. The Morgan fingerprint density at radius 2 is 1.80 bits per heavy atom. The summed E-state index contributed by atoms with van der Waals surface area (Å²) in [4.78, 5) is 2.65. The number of alkyl halides is 3. The van der Waals surface area contributed by atoms with Crippen molar-refractivity contribution in [1.82, 2.24) is 10.2 Å². The second-order valence-corrected chi connectivity index (χ2v) is 8.19. The Balaban J connectivity index is 1.18. The van der Waals surface area contributed by atoms with E-state index in [2.05, 4.69) is 10.2 Å². The molecule has 0 bridgehead atoms. The highest BCUT2D eigenvalue weighted by molar-refractivity contribution is 5.25. The van der Waals surface area contributed by atoms with Gasteiger partial charge < -0.3 is 10.2 Å². The molecule has 2 aliphatic carbocycles. The van der Waals surface area contributed by atoms with E-state index >= 15 is 0 Å². The number of halogens is 3. The van der Waals surface area contributed by atoms with Gasteiger partial charge in [0.1, 0.15) is 0 Å². The fraction of sp³-hybridized carbons (Fsp3) is 0.700. The van der Waals surface area contributed by atoms with E-state index in [1.165, 1.54) is 57.5 Å². The number of fused-ring (bicyclic) bond motifs is 1. The van der Waals surface area contributed by atoms with Crippen LogP contribution < -0.4 is 5.32 Å². The normalized spacial score (nSPS) is 30.0. The van der Waals surface area contributed by atoms with Gasteiger partial charge in [-0.15, -0.1) is 0 Å². The zero-order chi connectivity index (χ0) is 17.4. The lowest BCUT2D eigenvalue weighted by Crippen LogP contribution is -2.31. The van der Waals surface area contributed by atoms with Crippen molar-refractivity contribution in [3.8, 4) is 0 Å². The third-order valence-corrected chi connectivity index (χ3v) is 6.40. The molecule has 1 aromatic rings. The van der Waals surface area contributed by atoms with Gasteiger partial charge in [-0.1, -0.05) is 31.0 Å². The molecule has 2 nitrogen and oxygen atoms in total. The monoisotopic (exact) mass is 352 g/mol. The van der Waals surface area contributed by atoms with Crippen LogP contribution in [0.4, 0.5) is 13.2 Å². The summed E-state index contributed by atoms with van der Waals surface area (Å²) in [5.74, 6) is 3.28. The van der Waals surface area contributed by atoms with Gasteiger partial charge in [-0.25, -0.2) is 0 Å². The van der Waals surface area contributed by atoms with Gasteiger partial charge in [0.25, 0.3) is 0 Å². The van der Waals surface area contributed by atoms with Crippen molar-refractivity contribution in [3.63, 3.8) is 0 Å². The number of benzene rings is 1. The van der Waals surface area contributed by atoms with Gasteiger partial charge in [0, 0.05) is 26.2 Å². The molecule has 0 spiro atoms.